The minimum atomic E-state index is -0.381. The van der Waals surface area contributed by atoms with Gasteiger partial charge in [0.05, 0.1) is 0 Å². The molecule has 1 fully saturated rings. The molecule has 0 radical (unpaired) electrons. The molecule has 3 amide bonds. The Hall–Kier alpha value is -1.59. The van der Waals surface area contributed by atoms with Crippen molar-refractivity contribution in [3.05, 3.63) is 0 Å². The van der Waals surface area contributed by atoms with Crippen molar-refractivity contribution in [2.45, 2.75) is 45.1 Å². The van der Waals surface area contributed by atoms with Crippen molar-refractivity contribution >= 4 is 17.7 Å². The molecular formula is C12H21N3O3. The maximum atomic E-state index is 11.9. The van der Waals surface area contributed by atoms with Crippen LogP contribution in [0.1, 0.15) is 39.0 Å². The van der Waals surface area contributed by atoms with Crippen LogP contribution in [0.25, 0.3) is 0 Å². The van der Waals surface area contributed by atoms with Crippen LogP contribution in [0.2, 0.25) is 0 Å². The molecule has 1 saturated heterocycles. The first-order chi connectivity index (χ1) is 8.56. The minimum Gasteiger partial charge on any atom is -0.370 e. The molecule has 0 aromatic rings. The van der Waals surface area contributed by atoms with E-state index in [-0.39, 0.29) is 30.2 Å². The lowest BCUT2D eigenvalue weighted by molar-refractivity contribution is -0.137. The first kappa shape index (κ1) is 14.5. The quantitative estimate of drug-likeness (QED) is 0.615. The van der Waals surface area contributed by atoms with Gasteiger partial charge in [0, 0.05) is 25.9 Å². The van der Waals surface area contributed by atoms with Crippen LogP contribution in [0.15, 0.2) is 0 Å². The van der Waals surface area contributed by atoms with Crippen molar-refractivity contribution in [1.82, 2.24) is 10.2 Å². The molecule has 3 N–H and O–H groups in total. The van der Waals surface area contributed by atoms with Crippen LogP contribution in [-0.2, 0) is 14.4 Å². The Balaban J connectivity index is 2.37. The maximum absolute atomic E-state index is 11.9. The molecular weight excluding hydrogens is 234 g/mol. The molecule has 0 spiro atoms. The molecule has 1 aliphatic rings. The van der Waals surface area contributed by atoms with Gasteiger partial charge in [0.1, 0.15) is 6.04 Å². The van der Waals surface area contributed by atoms with E-state index in [1.807, 2.05) is 6.92 Å². The van der Waals surface area contributed by atoms with Crippen molar-refractivity contribution < 1.29 is 14.4 Å². The molecule has 6 heteroatoms. The number of carbonyl (C=O) groups is 3. The van der Waals surface area contributed by atoms with Gasteiger partial charge in [-0.1, -0.05) is 6.92 Å². The predicted octanol–water partition coefficient (Wildman–Crippen LogP) is -0.231. The van der Waals surface area contributed by atoms with Gasteiger partial charge in [0.25, 0.3) is 0 Å². The van der Waals surface area contributed by atoms with Gasteiger partial charge in [-0.3, -0.25) is 14.4 Å². The number of amides is 3. The van der Waals surface area contributed by atoms with Gasteiger partial charge in [-0.15, -0.1) is 0 Å². The number of primary amides is 1. The summed E-state index contributed by atoms with van der Waals surface area (Å²) in [7, 11) is 0. The third-order valence-corrected chi connectivity index (χ3v) is 3.07. The third-order valence-electron chi connectivity index (χ3n) is 3.07. The fourth-order valence-corrected chi connectivity index (χ4v) is 2.14. The highest BCUT2D eigenvalue weighted by atomic mass is 16.2. The molecule has 102 valence electrons. The van der Waals surface area contributed by atoms with Gasteiger partial charge in [0.15, 0.2) is 0 Å². The smallest absolute Gasteiger partial charge is 0.242 e. The van der Waals surface area contributed by atoms with E-state index in [1.165, 1.54) is 0 Å². The van der Waals surface area contributed by atoms with E-state index in [1.54, 1.807) is 4.90 Å². The number of hydrogen-bond acceptors (Lipinski definition) is 3. The first-order valence-corrected chi connectivity index (χ1v) is 6.41. The molecule has 0 aromatic heterocycles. The van der Waals surface area contributed by atoms with Crippen molar-refractivity contribution in [1.29, 1.82) is 0 Å². The summed E-state index contributed by atoms with van der Waals surface area (Å²) in [5, 5.41) is 2.75. The average molecular weight is 255 g/mol. The molecule has 1 rings (SSSR count). The van der Waals surface area contributed by atoms with Crippen molar-refractivity contribution in [3.63, 3.8) is 0 Å². The van der Waals surface area contributed by atoms with Crippen LogP contribution >= 0.6 is 0 Å². The molecule has 0 aromatic carbocycles. The van der Waals surface area contributed by atoms with Crippen LogP contribution in [-0.4, -0.2) is 41.8 Å². The third kappa shape index (κ3) is 4.01. The second kappa shape index (κ2) is 6.98. The molecule has 0 bridgehead atoms. The lowest BCUT2D eigenvalue weighted by Crippen LogP contribution is -2.47. The molecule has 1 aliphatic heterocycles. The van der Waals surface area contributed by atoms with E-state index in [0.717, 1.165) is 6.42 Å². The van der Waals surface area contributed by atoms with Crippen molar-refractivity contribution in [2.24, 2.45) is 5.73 Å². The Bertz CT molecular complexity index is 331. The number of nitrogens with one attached hydrogen (secondary N) is 1. The highest BCUT2D eigenvalue weighted by Crippen LogP contribution is 2.15. The summed E-state index contributed by atoms with van der Waals surface area (Å²) in [6.07, 6.45) is 2.76. The largest absolute Gasteiger partial charge is 0.370 e. The zero-order chi connectivity index (χ0) is 13.5. The van der Waals surface area contributed by atoms with E-state index in [0.29, 0.717) is 32.4 Å². The Labute approximate surface area is 107 Å². The topological polar surface area (TPSA) is 92.5 Å². The van der Waals surface area contributed by atoms with Crippen LogP contribution in [0.3, 0.4) is 0 Å². The van der Waals surface area contributed by atoms with E-state index in [9.17, 15) is 14.4 Å². The standard InChI is InChI=1S/C12H21N3O3/c1-2-9(15-8-4-6-11(15)17)12(18)14-7-3-5-10(13)16/h9H,2-8H2,1H3,(H2,13,16)(H,14,18). The summed E-state index contributed by atoms with van der Waals surface area (Å²) in [6.45, 7) is 2.96. The second-order valence-electron chi connectivity index (χ2n) is 4.48. The lowest BCUT2D eigenvalue weighted by atomic mass is 10.1. The monoisotopic (exact) mass is 255 g/mol. The fraction of sp³-hybridized carbons (Fsp3) is 0.750. The van der Waals surface area contributed by atoms with Gasteiger partial charge in [-0.2, -0.15) is 0 Å². The van der Waals surface area contributed by atoms with Gasteiger partial charge in [-0.25, -0.2) is 0 Å². The van der Waals surface area contributed by atoms with E-state index in [2.05, 4.69) is 5.32 Å². The molecule has 18 heavy (non-hydrogen) atoms. The molecule has 1 heterocycles. The number of nitrogens with zero attached hydrogens (tertiary/aromatic N) is 1. The van der Waals surface area contributed by atoms with Crippen LogP contribution in [0.4, 0.5) is 0 Å². The van der Waals surface area contributed by atoms with Gasteiger partial charge < -0.3 is 16.0 Å². The molecule has 1 atom stereocenters. The molecule has 6 nitrogen and oxygen atoms in total. The highest BCUT2D eigenvalue weighted by Gasteiger charge is 2.31. The molecule has 0 saturated carbocycles. The first-order valence-electron chi connectivity index (χ1n) is 6.41. The fourth-order valence-electron chi connectivity index (χ4n) is 2.14. The Morgan fingerprint density at radius 1 is 1.50 bits per heavy atom. The molecule has 0 aliphatic carbocycles. The molecule has 1 unspecified atom stereocenters. The average Bonchev–Trinajstić information content (AvgIpc) is 2.72. The zero-order valence-corrected chi connectivity index (χ0v) is 10.8. The Kier molecular flexibility index (Phi) is 5.61. The van der Waals surface area contributed by atoms with Crippen LogP contribution in [0.5, 0.6) is 0 Å². The summed E-state index contributed by atoms with van der Waals surface area (Å²) in [5.41, 5.74) is 5.01. The lowest BCUT2D eigenvalue weighted by Gasteiger charge is -2.25. The maximum Gasteiger partial charge on any atom is 0.242 e. The Morgan fingerprint density at radius 2 is 2.22 bits per heavy atom. The van der Waals surface area contributed by atoms with Gasteiger partial charge >= 0.3 is 0 Å². The summed E-state index contributed by atoms with van der Waals surface area (Å²) in [5.74, 6) is -0.461. The van der Waals surface area contributed by atoms with Crippen LogP contribution in [0, 0.1) is 0 Å². The van der Waals surface area contributed by atoms with Gasteiger partial charge in [-0.05, 0) is 19.3 Å². The van der Waals surface area contributed by atoms with Crippen molar-refractivity contribution in [3.8, 4) is 0 Å². The number of likely N-dealkylation sites (tertiary alicyclic amines) is 1. The number of rotatable bonds is 7. The summed E-state index contributed by atoms with van der Waals surface area (Å²) < 4.78 is 0. The Morgan fingerprint density at radius 3 is 2.72 bits per heavy atom. The normalized spacial score (nSPS) is 16.7. The predicted molar refractivity (Wildman–Crippen MR) is 66.5 cm³/mol. The summed E-state index contributed by atoms with van der Waals surface area (Å²) in [6, 6.07) is -0.381. The van der Waals surface area contributed by atoms with Crippen molar-refractivity contribution in [2.75, 3.05) is 13.1 Å². The van der Waals surface area contributed by atoms with E-state index in [4.69, 9.17) is 5.73 Å². The number of hydrogen-bond donors (Lipinski definition) is 2. The summed E-state index contributed by atoms with van der Waals surface area (Å²) in [4.78, 5) is 35.7. The summed E-state index contributed by atoms with van der Waals surface area (Å²) >= 11 is 0. The second-order valence-corrected chi connectivity index (χ2v) is 4.48. The van der Waals surface area contributed by atoms with Crippen LogP contribution < -0.4 is 11.1 Å². The van der Waals surface area contributed by atoms with E-state index < -0.39 is 0 Å². The zero-order valence-electron chi connectivity index (χ0n) is 10.8. The van der Waals surface area contributed by atoms with Gasteiger partial charge in [0.2, 0.25) is 17.7 Å². The minimum absolute atomic E-state index is 0.0501. The SMILES string of the molecule is CCC(C(=O)NCCCC(N)=O)N1CCCC1=O. The van der Waals surface area contributed by atoms with E-state index >= 15 is 0 Å². The number of carbonyl (C=O) groups excluding carboxylic acids is 3. The highest BCUT2D eigenvalue weighted by molar-refractivity contribution is 5.88. The number of nitrogens with two attached hydrogens (primary N) is 1.